The zero-order chi connectivity index (χ0) is 24.9. The zero-order valence-electron chi connectivity index (χ0n) is 18.4. The first-order valence-corrected chi connectivity index (χ1v) is 11.9. The lowest BCUT2D eigenvalue weighted by Crippen LogP contribution is -2.05. The summed E-state index contributed by atoms with van der Waals surface area (Å²) in [5.41, 5.74) is 2.14. The smallest absolute Gasteiger partial charge is 0.363 e. The van der Waals surface area contributed by atoms with Crippen LogP contribution in [0.4, 0.5) is 5.69 Å². The largest absolute Gasteiger partial charge is 0.490 e. The van der Waals surface area contributed by atoms with Crippen LogP contribution >= 0.6 is 34.2 Å². The van der Waals surface area contributed by atoms with Crippen LogP contribution < -0.4 is 9.47 Å². The van der Waals surface area contributed by atoms with Crippen LogP contribution in [-0.4, -0.2) is 23.4 Å². The highest BCUT2D eigenvalue weighted by molar-refractivity contribution is 14.1. The van der Waals surface area contributed by atoms with Gasteiger partial charge in [-0.3, -0.25) is 10.1 Å². The van der Waals surface area contributed by atoms with Gasteiger partial charge >= 0.3 is 5.97 Å². The molecular weight excluding hydrogens is 587 g/mol. The van der Waals surface area contributed by atoms with Crippen molar-refractivity contribution in [3.05, 3.63) is 102 Å². The Morgan fingerprint density at radius 2 is 1.83 bits per heavy atom. The van der Waals surface area contributed by atoms with Gasteiger partial charge in [-0.15, -0.1) is 0 Å². The van der Waals surface area contributed by atoms with E-state index in [1.165, 1.54) is 24.3 Å². The maximum atomic E-state index is 12.4. The van der Waals surface area contributed by atoms with Gasteiger partial charge in [-0.05, 0) is 83.1 Å². The van der Waals surface area contributed by atoms with Crippen LogP contribution in [0.15, 0.2) is 71.4 Å². The molecule has 3 aromatic rings. The van der Waals surface area contributed by atoms with Crippen LogP contribution in [0.25, 0.3) is 6.08 Å². The first kappa shape index (κ1) is 24.7. The third kappa shape index (κ3) is 5.98. The summed E-state index contributed by atoms with van der Waals surface area (Å²) < 4.78 is 17.9. The molecule has 1 aliphatic heterocycles. The Morgan fingerprint density at radius 3 is 2.49 bits per heavy atom. The standard InChI is InChI=1S/C25H18ClIN2O6/c1-2-33-22-13-16(11-20(27)23(22)34-14-15-3-7-18(26)8-4-15)12-21-25(30)35-24(28-21)17-5-9-19(10-6-17)29(31)32/h3-13H,2,14H2,1H3. The van der Waals surface area contributed by atoms with E-state index in [1.807, 2.05) is 25.1 Å². The molecule has 3 aromatic carbocycles. The van der Waals surface area contributed by atoms with Gasteiger partial charge in [0.05, 0.1) is 15.1 Å². The Hall–Kier alpha value is -3.44. The molecule has 178 valence electrons. The van der Waals surface area contributed by atoms with E-state index in [1.54, 1.807) is 24.3 Å². The Morgan fingerprint density at radius 1 is 1.11 bits per heavy atom. The SMILES string of the molecule is CCOc1cc(C=C2N=C(c3ccc([N+](=O)[O-])cc3)OC2=O)cc(I)c1OCc1ccc(Cl)cc1. The Labute approximate surface area is 219 Å². The fraction of sp³-hybridized carbons (Fsp3) is 0.120. The number of esters is 1. The summed E-state index contributed by atoms with van der Waals surface area (Å²) in [6.45, 7) is 2.64. The quantitative estimate of drug-likeness (QED) is 0.100. The van der Waals surface area contributed by atoms with Gasteiger partial charge in [0.15, 0.2) is 17.2 Å². The molecule has 35 heavy (non-hydrogen) atoms. The van der Waals surface area contributed by atoms with Crippen molar-refractivity contribution >= 4 is 57.8 Å². The molecule has 10 heteroatoms. The van der Waals surface area contributed by atoms with Crippen molar-refractivity contribution in [2.75, 3.05) is 6.61 Å². The number of carbonyl (C=O) groups is 1. The van der Waals surface area contributed by atoms with E-state index in [0.717, 1.165) is 9.13 Å². The predicted octanol–water partition coefficient (Wildman–Crippen LogP) is 6.18. The third-order valence-electron chi connectivity index (χ3n) is 4.88. The maximum Gasteiger partial charge on any atom is 0.363 e. The molecule has 0 amide bonds. The zero-order valence-corrected chi connectivity index (χ0v) is 21.3. The average molecular weight is 605 g/mol. The minimum Gasteiger partial charge on any atom is -0.490 e. The number of non-ortho nitro benzene ring substituents is 1. The van der Waals surface area contributed by atoms with E-state index < -0.39 is 10.9 Å². The van der Waals surface area contributed by atoms with Gasteiger partial charge < -0.3 is 14.2 Å². The van der Waals surface area contributed by atoms with Crippen molar-refractivity contribution < 1.29 is 23.9 Å². The van der Waals surface area contributed by atoms with E-state index >= 15 is 0 Å². The lowest BCUT2D eigenvalue weighted by molar-refractivity contribution is -0.384. The Balaban J connectivity index is 1.59. The molecule has 4 rings (SSSR count). The van der Waals surface area contributed by atoms with Gasteiger partial charge in [-0.2, -0.15) is 0 Å². The highest BCUT2D eigenvalue weighted by Gasteiger charge is 2.25. The number of rotatable bonds is 8. The molecule has 1 heterocycles. The van der Waals surface area contributed by atoms with Crippen LogP contribution in [0, 0.1) is 13.7 Å². The maximum absolute atomic E-state index is 12.4. The number of ether oxygens (including phenoxy) is 3. The molecule has 0 aliphatic carbocycles. The molecule has 0 unspecified atom stereocenters. The number of nitrogens with zero attached hydrogens (tertiary/aromatic N) is 2. The van der Waals surface area contributed by atoms with Gasteiger partial charge in [-0.1, -0.05) is 23.7 Å². The molecular formula is C25H18ClIN2O6. The van der Waals surface area contributed by atoms with Crippen molar-refractivity contribution in [3.63, 3.8) is 0 Å². The summed E-state index contributed by atoms with van der Waals surface area (Å²) in [5, 5.41) is 11.5. The number of nitro benzene ring substituents is 1. The van der Waals surface area contributed by atoms with E-state index in [-0.39, 0.29) is 17.3 Å². The molecule has 0 radical (unpaired) electrons. The van der Waals surface area contributed by atoms with Crippen molar-refractivity contribution in [1.29, 1.82) is 0 Å². The molecule has 1 aliphatic rings. The average Bonchev–Trinajstić information content (AvgIpc) is 3.20. The van der Waals surface area contributed by atoms with Gasteiger partial charge in [0.1, 0.15) is 6.61 Å². The van der Waals surface area contributed by atoms with Gasteiger partial charge in [0.2, 0.25) is 5.90 Å². The summed E-state index contributed by atoms with van der Waals surface area (Å²) in [7, 11) is 0. The van der Waals surface area contributed by atoms with Gasteiger partial charge in [0.25, 0.3) is 5.69 Å². The Bertz CT molecular complexity index is 1340. The van der Waals surface area contributed by atoms with Crippen molar-refractivity contribution in [3.8, 4) is 11.5 Å². The number of nitro groups is 1. The molecule has 0 saturated carbocycles. The highest BCUT2D eigenvalue weighted by Crippen LogP contribution is 2.36. The van der Waals surface area contributed by atoms with Crippen molar-refractivity contribution in [1.82, 2.24) is 0 Å². The first-order chi connectivity index (χ1) is 16.8. The number of aliphatic imine (C=N–C) groups is 1. The van der Waals surface area contributed by atoms with Gasteiger partial charge in [-0.25, -0.2) is 9.79 Å². The lowest BCUT2D eigenvalue weighted by atomic mass is 10.1. The minimum atomic E-state index is -0.616. The lowest BCUT2D eigenvalue weighted by Gasteiger charge is -2.15. The molecule has 0 bridgehead atoms. The molecule has 0 aromatic heterocycles. The second-order valence-electron chi connectivity index (χ2n) is 7.32. The fourth-order valence-electron chi connectivity index (χ4n) is 3.23. The topological polar surface area (TPSA) is 100 Å². The van der Waals surface area contributed by atoms with Crippen LogP contribution in [0.5, 0.6) is 11.5 Å². The van der Waals surface area contributed by atoms with E-state index in [0.29, 0.717) is 40.9 Å². The van der Waals surface area contributed by atoms with E-state index in [2.05, 4.69) is 27.6 Å². The van der Waals surface area contributed by atoms with Crippen LogP contribution in [-0.2, 0) is 16.1 Å². The van der Waals surface area contributed by atoms with E-state index in [9.17, 15) is 14.9 Å². The summed E-state index contributed by atoms with van der Waals surface area (Å²) in [6.07, 6.45) is 1.59. The second-order valence-corrected chi connectivity index (χ2v) is 8.92. The summed E-state index contributed by atoms with van der Waals surface area (Å²) >= 11 is 8.10. The summed E-state index contributed by atoms with van der Waals surface area (Å²) in [5.74, 6) is 0.591. The van der Waals surface area contributed by atoms with E-state index in [4.69, 9.17) is 25.8 Å². The van der Waals surface area contributed by atoms with Crippen LogP contribution in [0.3, 0.4) is 0 Å². The summed E-state index contributed by atoms with van der Waals surface area (Å²) in [6, 6.07) is 16.6. The minimum absolute atomic E-state index is 0.0640. The van der Waals surface area contributed by atoms with Crippen molar-refractivity contribution in [2.24, 2.45) is 4.99 Å². The molecule has 0 spiro atoms. The number of cyclic esters (lactones) is 1. The second kappa shape index (κ2) is 10.9. The predicted molar refractivity (Wildman–Crippen MR) is 140 cm³/mol. The molecule has 0 atom stereocenters. The number of benzene rings is 3. The molecule has 0 N–H and O–H groups in total. The third-order valence-corrected chi connectivity index (χ3v) is 5.93. The monoisotopic (exact) mass is 604 g/mol. The molecule has 0 saturated heterocycles. The van der Waals surface area contributed by atoms with Crippen molar-refractivity contribution in [2.45, 2.75) is 13.5 Å². The normalized spacial score (nSPS) is 14.0. The summed E-state index contributed by atoms with van der Waals surface area (Å²) in [4.78, 5) is 27.0. The number of hydrogen-bond acceptors (Lipinski definition) is 7. The number of halogens is 2. The van der Waals surface area contributed by atoms with Gasteiger partial charge in [0, 0.05) is 22.7 Å². The molecule has 8 nitrogen and oxygen atoms in total. The number of hydrogen-bond donors (Lipinski definition) is 0. The Kier molecular flexibility index (Phi) is 7.67. The molecule has 0 fully saturated rings. The van der Waals surface area contributed by atoms with Crippen LogP contribution in [0.2, 0.25) is 5.02 Å². The first-order valence-electron chi connectivity index (χ1n) is 10.4. The fourth-order valence-corrected chi connectivity index (χ4v) is 4.13. The highest BCUT2D eigenvalue weighted by atomic mass is 127. The number of carbonyl (C=O) groups excluding carboxylic acids is 1. The van der Waals surface area contributed by atoms with Crippen LogP contribution in [0.1, 0.15) is 23.6 Å².